The van der Waals surface area contributed by atoms with Crippen molar-refractivity contribution in [1.29, 1.82) is 0 Å². The monoisotopic (exact) mass is 209 g/mol. The topological polar surface area (TPSA) is 43.1 Å². The number of amides is 1. The zero-order valence-corrected chi connectivity index (χ0v) is 9.96. The molecule has 0 heterocycles. The van der Waals surface area contributed by atoms with Gasteiger partial charge in [0.25, 0.3) is 0 Å². The Hall–Kier alpha value is -0.530. The molecule has 0 saturated heterocycles. The van der Waals surface area contributed by atoms with Gasteiger partial charge in [0.15, 0.2) is 0 Å². The molecule has 0 radical (unpaired) electrons. The van der Waals surface area contributed by atoms with Crippen LogP contribution < -0.4 is 5.73 Å². The molecule has 2 aliphatic carbocycles. The zero-order chi connectivity index (χ0) is 11.1. The van der Waals surface area contributed by atoms with Gasteiger partial charge in [-0.25, -0.2) is 0 Å². The van der Waals surface area contributed by atoms with Gasteiger partial charge in [0.2, 0.25) is 5.91 Å². The Morgan fingerprint density at radius 3 is 2.53 bits per heavy atom. The molecule has 1 spiro atoms. The minimum absolute atomic E-state index is 0.117. The number of nitrogens with two attached hydrogens (primary N) is 1. The maximum atomic E-state index is 10.8. The standard InChI is InChI=1S/C13H23NO/c1-9(2)11-3-4-13(8-11)6-10(7-13)5-12(14)15/h9-11H,3-8H2,1-2H3,(H2,14,15). The van der Waals surface area contributed by atoms with Crippen molar-refractivity contribution in [1.82, 2.24) is 0 Å². The Balaban J connectivity index is 1.81. The third kappa shape index (κ3) is 2.19. The van der Waals surface area contributed by atoms with Crippen molar-refractivity contribution in [2.45, 2.75) is 52.4 Å². The lowest BCUT2D eigenvalue weighted by molar-refractivity contribution is -0.120. The highest BCUT2D eigenvalue weighted by Crippen LogP contribution is 2.59. The van der Waals surface area contributed by atoms with Crippen molar-refractivity contribution in [2.24, 2.45) is 28.9 Å². The Kier molecular flexibility index (Phi) is 2.78. The van der Waals surface area contributed by atoms with Crippen LogP contribution in [0.25, 0.3) is 0 Å². The fraction of sp³-hybridized carbons (Fsp3) is 0.923. The van der Waals surface area contributed by atoms with E-state index in [0.717, 1.165) is 11.8 Å². The van der Waals surface area contributed by atoms with Crippen LogP contribution in [-0.4, -0.2) is 5.91 Å². The molecule has 0 aromatic rings. The first-order valence-electron chi connectivity index (χ1n) is 6.29. The van der Waals surface area contributed by atoms with E-state index in [-0.39, 0.29) is 5.91 Å². The SMILES string of the molecule is CC(C)C1CCC2(CC(CC(N)=O)C2)C1. The fourth-order valence-electron chi connectivity index (χ4n) is 3.79. The van der Waals surface area contributed by atoms with Crippen LogP contribution in [0.3, 0.4) is 0 Å². The first-order valence-corrected chi connectivity index (χ1v) is 6.29. The maximum absolute atomic E-state index is 10.8. The molecule has 0 aromatic heterocycles. The van der Waals surface area contributed by atoms with Crippen molar-refractivity contribution in [3.8, 4) is 0 Å². The lowest BCUT2D eigenvalue weighted by Gasteiger charge is -2.45. The summed E-state index contributed by atoms with van der Waals surface area (Å²) in [5, 5.41) is 0. The highest BCUT2D eigenvalue weighted by atomic mass is 16.1. The van der Waals surface area contributed by atoms with Crippen molar-refractivity contribution in [3.05, 3.63) is 0 Å². The first kappa shape index (κ1) is 11.0. The zero-order valence-electron chi connectivity index (χ0n) is 9.96. The molecular weight excluding hydrogens is 186 g/mol. The lowest BCUT2D eigenvalue weighted by atomic mass is 9.59. The molecule has 2 nitrogen and oxygen atoms in total. The summed E-state index contributed by atoms with van der Waals surface area (Å²) in [6.45, 7) is 4.67. The van der Waals surface area contributed by atoms with Crippen LogP contribution in [0.15, 0.2) is 0 Å². The highest BCUT2D eigenvalue weighted by molar-refractivity contribution is 5.74. The van der Waals surface area contributed by atoms with Crippen LogP contribution >= 0.6 is 0 Å². The second kappa shape index (κ2) is 3.80. The normalized spacial score (nSPS) is 39.7. The Bertz CT molecular complexity index is 253. The molecule has 1 amide bonds. The number of carbonyl (C=O) groups is 1. The largest absolute Gasteiger partial charge is 0.370 e. The highest BCUT2D eigenvalue weighted by Gasteiger charge is 2.49. The number of rotatable bonds is 3. The molecule has 0 aromatic carbocycles. The van der Waals surface area contributed by atoms with E-state index < -0.39 is 0 Å². The van der Waals surface area contributed by atoms with Gasteiger partial charge in [0.1, 0.15) is 0 Å². The second-order valence-electron chi connectivity index (χ2n) is 6.19. The summed E-state index contributed by atoms with van der Waals surface area (Å²) < 4.78 is 0. The number of carbonyl (C=O) groups excluding carboxylic acids is 1. The molecule has 2 aliphatic rings. The van der Waals surface area contributed by atoms with Crippen LogP contribution in [0.1, 0.15) is 52.4 Å². The molecule has 2 rings (SSSR count). The summed E-state index contributed by atoms with van der Waals surface area (Å²) in [4.78, 5) is 10.8. The Morgan fingerprint density at radius 2 is 2.07 bits per heavy atom. The van der Waals surface area contributed by atoms with Crippen LogP contribution in [0.5, 0.6) is 0 Å². The molecule has 1 atom stereocenters. The van der Waals surface area contributed by atoms with E-state index in [1.807, 2.05) is 0 Å². The van der Waals surface area contributed by atoms with E-state index in [1.165, 1.54) is 32.1 Å². The van der Waals surface area contributed by atoms with E-state index in [9.17, 15) is 4.79 Å². The lowest BCUT2D eigenvalue weighted by Crippen LogP contribution is -2.37. The van der Waals surface area contributed by atoms with Crippen molar-refractivity contribution in [3.63, 3.8) is 0 Å². The van der Waals surface area contributed by atoms with Crippen molar-refractivity contribution >= 4 is 5.91 Å². The minimum atomic E-state index is -0.117. The van der Waals surface area contributed by atoms with Crippen molar-refractivity contribution < 1.29 is 4.79 Å². The van der Waals surface area contributed by atoms with Gasteiger partial charge >= 0.3 is 0 Å². The van der Waals surface area contributed by atoms with Gasteiger partial charge in [0.05, 0.1) is 0 Å². The van der Waals surface area contributed by atoms with Crippen molar-refractivity contribution in [2.75, 3.05) is 0 Å². The molecule has 15 heavy (non-hydrogen) atoms. The quantitative estimate of drug-likeness (QED) is 0.763. The van der Waals surface area contributed by atoms with Crippen LogP contribution in [0, 0.1) is 23.2 Å². The molecular formula is C13H23NO. The first-order chi connectivity index (χ1) is 7.01. The van der Waals surface area contributed by atoms with E-state index in [0.29, 0.717) is 17.8 Å². The van der Waals surface area contributed by atoms with Gasteiger partial charge in [-0.05, 0) is 55.3 Å². The summed E-state index contributed by atoms with van der Waals surface area (Å²) in [6.07, 6.45) is 7.35. The molecule has 1 unspecified atom stereocenters. The van der Waals surface area contributed by atoms with Gasteiger partial charge in [-0.15, -0.1) is 0 Å². The maximum Gasteiger partial charge on any atom is 0.217 e. The number of hydrogen-bond acceptors (Lipinski definition) is 1. The van der Waals surface area contributed by atoms with Crippen LogP contribution in [0.2, 0.25) is 0 Å². The summed E-state index contributed by atoms with van der Waals surface area (Å²) in [6, 6.07) is 0. The average molecular weight is 209 g/mol. The van der Waals surface area contributed by atoms with Crippen LogP contribution in [0.4, 0.5) is 0 Å². The third-order valence-electron chi connectivity index (χ3n) is 4.62. The number of hydrogen-bond donors (Lipinski definition) is 1. The fourth-order valence-corrected chi connectivity index (χ4v) is 3.79. The summed E-state index contributed by atoms with van der Waals surface area (Å²) >= 11 is 0. The summed E-state index contributed by atoms with van der Waals surface area (Å²) in [5.74, 6) is 2.25. The summed E-state index contributed by atoms with van der Waals surface area (Å²) in [5.41, 5.74) is 5.85. The second-order valence-corrected chi connectivity index (χ2v) is 6.19. The van der Waals surface area contributed by atoms with E-state index >= 15 is 0 Å². The van der Waals surface area contributed by atoms with Gasteiger partial charge in [-0.2, -0.15) is 0 Å². The number of primary amides is 1. The molecule has 86 valence electrons. The third-order valence-corrected chi connectivity index (χ3v) is 4.62. The van der Waals surface area contributed by atoms with E-state index in [1.54, 1.807) is 0 Å². The Labute approximate surface area is 92.6 Å². The van der Waals surface area contributed by atoms with Crippen LogP contribution in [-0.2, 0) is 4.79 Å². The predicted molar refractivity (Wildman–Crippen MR) is 61.1 cm³/mol. The molecule has 0 aliphatic heterocycles. The molecule has 2 saturated carbocycles. The average Bonchev–Trinajstić information content (AvgIpc) is 2.47. The van der Waals surface area contributed by atoms with E-state index in [4.69, 9.17) is 5.73 Å². The van der Waals surface area contributed by atoms with Gasteiger partial charge in [-0.1, -0.05) is 13.8 Å². The molecule has 2 heteroatoms. The van der Waals surface area contributed by atoms with Gasteiger partial charge in [-0.3, -0.25) is 4.79 Å². The summed E-state index contributed by atoms with van der Waals surface area (Å²) in [7, 11) is 0. The smallest absolute Gasteiger partial charge is 0.217 e. The molecule has 0 bridgehead atoms. The Morgan fingerprint density at radius 1 is 1.40 bits per heavy atom. The van der Waals surface area contributed by atoms with E-state index in [2.05, 4.69) is 13.8 Å². The van der Waals surface area contributed by atoms with Gasteiger partial charge in [0, 0.05) is 6.42 Å². The molecule has 2 fully saturated rings. The minimum Gasteiger partial charge on any atom is -0.370 e. The predicted octanol–water partition coefficient (Wildman–Crippen LogP) is 2.71. The van der Waals surface area contributed by atoms with Gasteiger partial charge < -0.3 is 5.73 Å². The molecule has 2 N–H and O–H groups in total.